The molecule has 2 N–H and O–H groups in total. The summed E-state index contributed by atoms with van der Waals surface area (Å²) in [4.78, 5) is 19.1. The van der Waals surface area contributed by atoms with E-state index in [2.05, 4.69) is 15.3 Å². The van der Waals surface area contributed by atoms with Crippen molar-refractivity contribution in [3.8, 4) is 0 Å². The highest BCUT2D eigenvalue weighted by atomic mass is 127. The lowest BCUT2D eigenvalue weighted by Crippen LogP contribution is -2.16. The lowest BCUT2D eigenvalue weighted by Gasteiger charge is -2.13. The molecule has 7 heteroatoms. The third-order valence-electron chi connectivity index (χ3n) is 2.17. The van der Waals surface area contributed by atoms with Crippen molar-refractivity contribution in [2.24, 2.45) is 0 Å². The molecule has 0 aliphatic carbocycles. The van der Waals surface area contributed by atoms with E-state index in [9.17, 15) is 4.79 Å². The van der Waals surface area contributed by atoms with E-state index in [0.717, 1.165) is 9.21 Å². The predicted molar refractivity (Wildman–Crippen MR) is 78.9 cm³/mol. The van der Waals surface area contributed by atoms with Gasteiger partial charge in [-0.15, -0.1) is 11.3 Å². The van der Waals surface area contributed by atoms with Gasteiger partial charge < -0.3 is 10.3 Å². The number of nitrogens with one attached hydrogen (secondary N) is 2. The third-order valence-corrected chi connectivity index (χ3v) is 4.59. The number of rotatable bonds is 3. The molecule has 2 heterocycles. The Hall–Kier alpha value is -0.600. The van der Waals surface area contributed by atoms with Crippen molar-refractivity contribution in [1.82, 2.24) is 9.97 Å². The van der Waals surface area contributed by atoms with E-state index in [1.165, 1.54) is 17.7 Å². The number of aromatic amines is 1. The minimum atomic E-state index is -0.139. The van der Waals surface area contributed by atoms with Crippen LogP contribution >= 0.6 is 45.5 Å². The van der Waals surface area contributed by atoms with Crippen molar-refractivity contribution in [1.29, 1.82) is 0 Å². The van der Waals surface area contributed by atoms with Gasteiger partial charge in [0.25, 0.3) is 5.56 Å². The Morgan fingerprint density at radius 2 is 2.35 bits per heavy atom. The van der Waals surface area contributed by atoms with Gasteiger partial charge in [0.15, 0.2) is 0 Å². The molecule has 0 bridgehead atoms. The second-order valence-corrected chi connectivity index (χ2v) is 6.23. The summed E-state index contributed by atoms with van der Waals surface area (Å²) in [5.41, 5.74) is -0.139. The summed E-state index contributed by atoms with van der Waals surface area (Å²) >= 11 is 9.37. The number of hydrogen-bond acceptors (Lipinski definition) is 4. The number of H-pyrrole nitrogens is 1. The summed E-state index contributed by atoms with van der Waals surface area (Å²) < 4.78 is 1.31. The van der Waals surface area contributed by atoms with Gasteiger partial charge in [-0.2, -0.15) is 0 Å². The maximum absolute atomic E-state index is 11.4. The third kappa shape index (κ3) is 2.99. The molecule has 4 nitrogen and oxygen atoms in total. The maximum atomic E-state index is 11.4. The summed E-state index contributed by atoms with van der Waals surface area (Å²) in [5.74, 6) is 0.589. The van der Waals surface area contributed by atoms with E-state index < -0.39 is 0 Å². The average molecular weight is 382 g/mol. The molecular formula is C10H9ClIN3OS. The molecule has 0 spiro atoms. The number of aromatic nitrogens is 2. The van der Waals surface area contributed by atoms with Crippen LogP contribution < -0.4 is 10.9 Å². The van der Waals surface area contributed by atoms with Gasteiger partial charge >= 0.3 is 0 Å². The first-order chi connectivity index (χ1) is 8.08. The van der Waals surface area contributed by atoms with Gasteiger partial charge in [-0.1, -0.05) is 11.6 Å². The SMILES string of the molecule is CC(Nc1nc[nH]c(=O)c1I)c1ccc(Cl)s1. The molecule has 0 fully saturated rings. The number of anilines is 1. The van der Waals surface area contributed by atoms with Gasteiger partial charge in [0.2, 0.25) is 0 Å². The van der Waals surface area contributed by atoms with Crippen LogP contribution in [0.25, 0.3) is 0 Å². The summed E-state index contributed by atoms with van der Waals surface area (Å²) in [6.07, 6.45) is 1.39. The molecule has 0 amide bonds. The van der Waals surface area contributed by atoms with E-state index in [1.807, 2.05) is 41.6 Å². The highest BCUT2D eigenvalue weighted by Gasteiger charge is 2.11. The van der Waals surface area contributed by atoms with Crippen molar-refractivity contribution < 1.29 is 0 Å². The van der Waals surface area contributed by atoms with Crippen LogP contribution in [0.5, 0.6) is 0 Å². The minimum Gasteiger partial charge on any atom is -0.362 e. The fraction of sp³-hybridized carbons (Fsp3) is 0.200. The fourth-order valence-corrected chi connectivity index (χ4v) is 2.83. The van der Waals surface area contributed by atoms with Crippen LogP contribution in [0.3, 0.4) is 0 Å². The first-order valence-electron chi connectivity index (χ1n) is 4.83. The zero-order valence-corrected chi connectivity index (χ0v) is 12.6. The van der Waals surface area contributed by atoms with Gasteiger partial charge in [-0.25, -0.2) is 4.98 Å². The molecule has 17 heavy (non-hydrogen) atoms. The lowest BCUT2D eigenvalue weighted by molar-refractivity contribution is 0.887. The van der Waals surface area contributed by atoms with Crippen LogP contribution in [0.1, 0.15) is 17.8 Å². The molecule has 2 rings (SSSR count). The Morgan fingerprint density at radius 3 is 3.00 bits per heavy atom. The number of nitrogens with zero attached hydrogens (tertiary/aromatic N) is 1. The highest BCUT2D eigenvalue weighted by molar-refractivity contribution is 14.1. The van der Waals surface area contributed by atoms with Crippen LogP contribution in [0.15, 0.2) is 23.3 Å². The standard InChI is InChI=1S/C10H9ClIN3OS/c1-5(6-2-3-7(11)17-6)15-9-8(12)10(16)14-4-13-9/h2-5H,1H3,(H2,13,14,15,16). The molecular weight excluding hydrogens is 373 g/mol. The molecule has 0 saturated carbocycles. The lowest BCUT2D eigenvalue weighted by atomic mass is 10.3. The first-order valence-corrected chi connectivity index (χ1v) is 7.10. The van der Waals surface area contributed by atoms with Gasteiger partial charge in [-0.3, -0.25) is 4.79 Å². The fourth-order valence-electron chi connectivity index (χ4n) is 1.32. The van der Waals surface area contributed by atoms with Crippen molar-refractivity contribution in [2.75, 3.05) is 5.32 Å². The van der Waals surface area contributed by atoms with Gasteiger partial charge in [0, 0.05) is 4.88 Å². The normalized spacial score (nSPS) is 12.4. The summed E-state index contributed by atoms with van der Waals surface area (Å²) in [6.45, 7) is 2.00. The Kier molecular flexibility index (Phi) is 4.05. The molecule has 0 aliphatic rings. The van der Waals surface area contributed by atoms with E-state index >= 15 is 0 Å². The van der Waals surface area contributed by atoms with Crippen LogP contribution in [0, 0.1) is 3.57 Å². The number of hydrogen-bond donors (Lipinski definition) is 2. The molecule has 0 aliphatic heterocycles. The summed E-state index contributed by atoms with van der Waals surface area (Å²) in [6, 6.07) is 3.89. The quantitative estimate of drug-likeness (QED) is 0.802. The minimum absolute atomic E-state index is 0.0651. The van der Waals surface area contributed by atoms with E-state index in [-0.39, 0.29) is 11.6 Å². The van der Waals surface area contributed by atoms with E-state index in [1.54, 1.807) is 0 Å². The second kappa shape index (κ2) is 5.36. The van der Waals surface area contributed by atoms with Gasteiger partial charge in [0.1, 0.15) is 9.39 Å². The first kappa shape index (κ1) is 12.8. The van der Waals surface area contributed by atoms with Crippen LogP contribution in [0.4, 0.5) is 5.82 Å². The van der Waals surface area contributed by atoms with Crippen molar-refractivity contribution in [3.05, 3.63) is 41.6 Å². The number of thiophene rings is 1. The topological polar surface area (TPSA) is 57.8 Å². The van der Waals surface area contributed by atoms with Crippen molar-refractivity contribution >= 4 is 51.3 Å². The molecule has 1 atom stereocenters. The monoisotopic (exact) mass is 381 g/mol. The predicted octanol–water partition coefficient (Wildman–Crippen LogP) is 3.26. The van der Waals surface area contributed by atoms with Gasteiger partial charge in [-0.05, 0) is 41.6 Å². The van der Waals surface area contributed by atoms with Crippen LogP contribution in [-0.2, 0) is 0 Å². The highest BCUT2D eigenvalue weighted by Crippen LogP contribution is 2.28. The Morgan fingerprint density at radius 1 is 1.59 bits per heavy atom. The molecule has 0 saturated heterocycles. The molecule has 1 unspecified atom stereocenters. The van der Waals surface area contributed by atoms with E-state index in [4.69, 9.17) is 11.6 Å². The van der Waals surface area contributed by atoms with E-state index in [0.29, 0.717) is 9.39 Å². The van der Waals surface area contributed by atoms with Crippen LogP contribution in [0.2, 0.25) is 4.34 Å². The Bertz CT molecular complexity index is 583. The Labute approximate surface area is 121 Å². The maximum Gasteiger partial charge on any atom is 0.266 e. The zero-order chi connectivity index (χ0) is 12.4. The van der Waals surface area contributed by atoms with Crippen molar-refractivity contribution in [3.63, 3.8) is 0 Å². The molecule has 2 aromatic heterocycles. The van der Waals surface area contributed by atoms with Gasteiger partial charge in [0.05, 0.1) is 16.7 Å². The largest absolute Gasteiger partial charge is 0.362 e. The zero-order valence-electron chi connectivity index (χ0n) is 8.83. The summed E-state index contributed by atoms with van der Waals surface area (Å²) in [5, 5.41) is 3.19. The molecule has 90 valence electrons. The second-order valence-electron chi connectivity index (χ2n) is 3.40. The number of halogens is 2. The molecule has 0 aromatic carbocycles. The molecule has 2 aromatic rings. The molecule has 0 radical (unpaired) electrons. The Balaban J connectivity index is 2.21. The van der Waals surface area contributed by atoms with Crippen molar-refractivity contribution in [2.45, 2.75) is 13.0 Å². The smallest absolute Gasteiger partial charge is 0.266 e. The van der Waals surface area contributed by atoms with Crippen LogP contribution in [-0.4, -0.2) is 9.97 Å². The summed E-state index contributed by atoms with van der Waals surface area (Å²) in [7, 11) is 0. The average Bonchev–Trinajstić information content (AvgIpc) is 2.72.